The number of benzene rings is 6. The molecule has 9 aromatic rings. The van der Waals surface area contributed by atoms with E-state index in [4.69, 9.17) is 19.4 Å². The van der Waals surface area contributed by atoms with Gasteiger partial charge in [-0.2, -0.15) is 5.26 Å². The van der Waals surface area contributed by atoms with Crippen LogP contribution in [-0.4, -0.2) is 15.0 Å². The van der Waals surface area contributed by atoms with E-state index in [1.54, 1.807) is 12.1 Å². The van der Waals surface area contributed by atoms with E-state index < -0.39 is 0 Å². The molecule has 0 N–H and O–H groups in total. The van der Waals surface area contributed by atoms with Crippen molar-refractivity contribution in [1.82, 2.24) is 15.0 Å². The Labute approximate surface area is 267 Å². The topological polar surface area (TPSA) is 75.6 Å². The van der Waals surface area contributed by atoms with Gasteiger partial charge in [-0.05, 0) is 59.7 Å². The highest BCUT2D eigenvalue weighted by Gasteiger charge is 2.20. The molecule has 6 aromatic carbocycles. The number of nitrogens with zero attached hydrogens (tertiary/aromatic N) is 4. The number of rotatable bonds is 4. The van der Waals surface area contributed by atoms with E-state index in [-0.39, 0.29) is 0 Å². The Bertz CT molecular complexity index is 2650. The molecule has 3 aromatic heterocycles. The van der Waals surface area contributed by atoms with Crippen LogP contribution in [-0.2, 0) is 0 Å². The summed E-state index contributed by atoms with van der Waals surface area (Å²) in [5.41, 5.74) is 6.85. The maximum Gasteiger partial charge on any atom is 0.167 e. The number of furan rings is 1. The van der Waals surface area contributed by atoms with E-state index in [0.717, 1.165) is 49.8 Å². The van der Waals surface area contributed by atoms with Crippen LogP contribution in [0.5, 0.6) is 0 Å². The van der Waals surface area contributed by atoms with Gasteiger partial charge in [-0.25, -0.2) is 15.0 Å². The second-order valence-electron chi connectivity index (χ2n) is 11.1. The number of hydrogen-bond acceptors (Lipinski definition) is 6. The van der Waals surface area contributed by atoms with Crippen LogP contribution >= 0.6 is 11.3 Å². The Morgan fingerprint density at radius 1 is 0.522 bits per heavy atom. The predicted molar refractivity (Wildman–Crippen MR) is 186 cm³/mol. The van der Waals surface area contributed by atoms with Gasteiger partial charge in [-0.15, -0.1) is 11.3 Å². The highest BCUT2D eigenvalue weighted by molar-refractivity contribution is 7.25. The number of para-hydroxylation sites is 1. The largest absolute Gasteiger partial charge is 0.455 e. The molecule has 214 valence electrons. The van der Waals surface area contributed by atoms with E-state index in [1.165, 1.54) is 20.2 Å². The monoisotopic (exact) mass is 606 g/mol. The lowest BCUT2D eigenvalue weighted by molar-refractivity contribution is 0.669. The Kier molecular flexibility index (Phi) is 5.98. The van der Waals surface area contributed by atoms with E-state index in [0.29, 0.717) is 23.0 Å². The maximum absolute atomic E-state index is 9.31. The van der Waals surface area contributed by atoms with Gasteiger partial charge < -0.3 is 4.42 Å². The molecule has 0 radical (unpaired) electrons. The lowest BCUT2D eigenvalue weighted by atomic mass is 9.98. The number of hydrogen-bond donors (Lipinski definition) is 0. The Balaban J connectivity index is 1.24. The molecule has 0 aliphatic carbocycles. The third-order valence-electron chi connectivity index (χ3n) is 8.39. The number of fused-ring (bicyclic) bond motifs is 6. The molecule has 0 fully saturated rings. The first-order valence-electron chi connectivity index (χ1n) is 14.9. The minimum Gasteiger partial charge on any atom is -0.455 e. The average Bonchev–Trinajstić information content (AvgIpc) is 3.70. The zero-order valence-corrected chi connectivity index (χ0v) is 25.1. The Morgan fingerprint density at radius 2 is 1.17 bits per heavy atom. The van der Waals surface area contributed by atoms with E-state index in [9.17, 15) is 5.26 Å². The molecule has 0 atom stereocenters. The number of nitriles is 1. The van der Waals surface area contributed by atoms with Gasteiger partial charge in [-0.1, -0.05) is 84.9 Å². The molecule has 0 amide bonds. The normalized spacial score (nSPS) is 11.5. The van der Waals surface area contributed by atoms with Crippen LogP contribution in [0.25, 0.3) is 87.4 Å². The van der Waals surface area contributed by atoms with Crippen molar-refractivity contribution < 1.29 is 4.42 Å². The molecule has 0 saturated carbocycles. The number of thiophene rings is 1. The van der Waals surface area contributed by atoms with Crippen LogP contribution in [0.1, 0.15) is 5.56 Å². The van der Waals surface area contributed by atoms with Gasteiger partial charge in [0.15, 0.2) is 17.5 Å². The second kappa shape index (κ2) is 10.5. The highest BCUT2D eigenvalue weighted by Crippen LogP contribution is 2.42. The highest BCUT2D eigenvalue weighted by atomic mass is 32.1. The molecule has 9 rings (SSSR count). The standard InChI is InChI=1S/C40H22N4OS/c41-23-24-16-18-26(19-17-24)39-42-38(25-8-2-1-3-9-25)43-40(44-39)32-13-6-12-31-36-28(11-7-14-33(36)45-37(31)32)27-20-21-30-29-10-4-5-15-34(29)46-35(30)22-27/h1-22H. The van der Waals surface area contributed by atoms with Crippen LogP contribution in [0.4, 0.5) is 0 Å². The summed E-state index contributed by atoms with van der Waals surface area (Å²) in [5, 5.41) is 13.9. The molecule has 0 saturated heterocycles. The minimum absolute atomic E-state index is 0.520. The van der Waals surface area contributed by atoms with Crippen molar-refractivity contribution >= 4 is 53.4 Å². The first-order chi connectivity index (χ1) is 22.7. The van der Waals surface area contributed by atoms with Gasteiger partial charge in [0.2, 0.25) is 0 Å². The fourth-order valence-electron chi connectivity index (χ4n) is 6.19. The van der Waals surface area contributed by atoms with E-state index in [2.05, 4.69) is 60.7 Å². The van der Waals surface area contributed by atoms with Crippen molar-refractivity contribution in [3.63, 3.8) is 0 Å². The maximum atomic E-state index is 9.31. The summed E-state index contributed by atoms with van der Waals surface area (Å²) in [7, 11) is 0. The van der Waals surface area contributed by atoms with Gasteiger partial charge in [0, 0.05) is 42.1 Å². The van der Waals surface area contributed by atoms with Crippen molar-refractivity contribution in [2.45, 2.75) is 0 Å². The van der Waals surface area contributed by atoms with E-state index in [1.807, 2.05) is 78.1 Å². The third kappa shape index (κ3) is 4.26. The van der Waals surface area contributed by atoms with Crippen molar-refractivity contribution in [3.8, 4) is 51.4 Å². The van der Waals surface area contributed by atoms with Crippen molar-refractivity contribution in [1.29, 1.82) is 5.26 Å². The fourth-order valence-corrected chi connectivity index (χ4v) is 7.34. The zero-order valence-electron chi connectivity index (χ0n) is 24.3. The second-order valence-corrected chi connectivity index (χ2v) is 12.2. The molecule has 0 unspecified atom stereocenters. The Morgan fingerprint density at radius 3 is 2.00 bits per heavy atom. The van der Waals surface area contributed by atoms with Gasteiger partial charge >= 0.3 is 0 Å². The third-order valence-corrected chi connectivity index (χ3v) is 9.53. The molecular formula is C40H22N4OS. The first-order valence-corrected chi connectivity index (χ1v) is 15.7. The molecule has 0 bridgehead atoms. The van der Waals surface area contributed by atoms with Crippen molar-refractivity contribution in [3.05, 3.63) is 139 Å². The molecule has 0 aliphatic rings. The van der Waals surface area contributed by atoms with Gasteiger partial charge in [0.05, 0.1) is 17.2 Å². The van der Waals surface area contributed by atoms with E-state index >= 15 is 0 Å². The SMILES string of the molecule is N#Cc1ccc(-c2nc(-c3ccccc3)nc(-c3cccc4c3oc3cccc(-c5ccc6c(c5)sc5ccccc56)c34)n2)cc1. The fraction of sp³-hybridized carbons (Fsp3) is 0. The lowest BCUT2D eigenvalue weighted by Crippen LogP contribution is -2.00. The van der Waals surface area contributed by atoms with Crippen LogP contribution in [0, 0.1) is 11.3 Å². The zero-order chi connectivity index (χ0) is 30.6. The summed E-state index contributed by atoms with van der Waals surface area (Å²) < 4.78 is 9.18. The first kappa shape index (κ1) is 26.3. The minimum atomic E-state index is 0.520. The quantitative estimate of drug-likeness (QED) is 0.199. The smallest absolute Gasteiger partial charge is 0.167 e. The van der Waals surface area contributed by atoms with Gasteiger partial charge in [0.25, 0.3) is 0 Å². The molecule has 3 heterocycles. The Hall–Kier alpha value is -6.16. The summed E-state index contributed by atoms with van der Waals surface area (Å²) in [5.74, 6) is 1.61. The average molecular weight is 607 g/mol. The molecule has 0 spiro atoms. The van der Waals surface area contributed by atoms with Gasteiger partial charge in [0.1, 0.15) is 11.2 Å². The van der Waals surface area contributed by atoms with Crippen LogP contribution in [0.15, 0.2) is 138 Å². The summed E-state index contributed by atoms with van der Waals surface area (Å²) in [4.78, 5) is 14.7. The predicted octanol–water partition coefficient (Wildman–Crippen LogP) is 10.7. The molecule has 0 aliphatic heterocycles. The van der Waals surface area contributed by atoms with Gasteiger partial charge in [-0.3, -0.25) is 0 Å². The number of aromatic nitrogens is 3. The summed E-state index contributed by atoms with van der Waals surface area (Å²) in [6.45, 7) is 0. The summed E-state index contributed by atoms with van der Waals surface area (Å²) >= 11 is 1.82. The molecule has 46 heavy (non-hydrogen) atoms. The molecular weight excluding hydrogens is 585 g/mol. The van der Waals surface area contributed by atoms with Crippen LogP contribution in [0.2, 0.25) is 0 Å². The lowest BCUT2D eigenvalue weighted by Gasteiger charge is -2.09. The van der Waals surface area contributed by atoms with Crippen LogP contribution < -0.4 is 0 Å². The summed E-state index contributed by atoms with van der Waals surface area (Å²) in [6, 6.07) is 47.0. The molecule has 5 nitrogen and oxygen atoms in total. The van der Waals surface area contributed by atoms with Crippen molar-refractivity contribution in [2.75, 3.05) is 0 Å². The van der Waals surface area contributed by atoms with Crippen LogP contribution in [0.3, 0.4) is 0 Å². The molecule has 6 heteroatoms. The van der Waals surface area contributed by atoms with Crippen molar-refractivity contribution in [2.24, 2.45) is 0 Å². The summed E-state index contributed by atoms with van der Waals surface area (Å²) in [6.07, 6.45) is 0.